The number of rotatable bonds is 8. The van der Waals surface area contributed by atoms with E-state index in [1.54, 1.807) is 12.1 Å². The Morgan fingerprint density at radius 1 is 1.37 bits per heavy atom. The van der Waals surface area contributed by atoms with Crippen molar-refractivity contribution in [2.45, 2.75) is 32.6 Å². The van der Waals surface area contributed by atoms with Crippen molar-refractivity contribution in [2.75, 3.05) is 6.61 Å². The first kappa shape index (κ1) is 16.1. The zero-order valence-electron chi connectivity index (χ0n) is 11.0. The highest BCUT2D eigenvalue weighted by atomic mass is 35.7. The maximum absolute atomic E-state index is 12.0. The summed E-state index contributed by atoms with van der Waals surface area (Å²) < 4.78 is 22.4. The quantitative estimate of drug-likeness (QED) is 0.393. The lowest BCUT2D eigenvalue weighted by Gasteiger charge is -2.14. The number of hydrogen-bond acceptors (Lipinski definition) is 3. The summed E-state index contributed by atoms with van der Waals surface area (Å²) in [6, 6.07) is 7.33. The zero-order valence-corrected chi connectivity index (χ0v) is 12.6. The fourth-order valence-corrected chi connectivity index (χ4v) is 2.77. The third kappa shape index (κ3) is 6.16. The normalized spacial score (nSPS) is 13.5. The first-order valence-corrected chi connectivity index (χ1v) is 8.69. The average Bonchev–Trinajstić information content (AvgIpc) is 2.38. The van der Waals surface area contributed by atoms with Crippen LogP contribution in [0.15, 0.2) is 24.3 Å². The van der Waals surface area contributed by atoms with E-state index in [2.05, 4.69) is 5.92 Å². The molecule has 1 atom stereocenters. The summed E-state index contributed by atoms with van der Waals surface area (Å²) in [5.74, 6) is 3.04. The summed E-state index contributed by atoms with van der Waals surface area (Å²) in [6.45, 7) is -1.32. The lowest BCUT2D eigenvalue weighted by molar-refractivity contribution is 0.272. The molecular formula is C14H18ClO3P. The van der Waals surface area contributed by atoms with E-state index >= 15 is 0 Å². The molecule has 0 spiro atoms. The highest BCUT2D eigenvalue weighted by Gasteiger charge is 2.23. The van der Waals surface area contributed by atoms with Crippen LogP contribution in [0.3, 0.4) is 0 Å². The SMILES string of the molecule is C#CCCCCOP(=O)(Cl)Oc1ccccc1CC. The van der Waals surface area contributed by atoms with Crippen molar-refractivity contribution in [3.63, 3.8) is 0 Å². The summed E-state index contributed by atoms with van der Waals surface area (Å²) >= 11 is 5.78. The van der Waals surface area contributed by atoms with Gasteiger partial charge in [-0.1, -0.05) is 25.1 Å². The van der Waals surface area contributed by atoms with Crippen molar-refractivity contribution >= 4 is 18.2 Å². The molecule has 0 bridgehead atoms. The maximum Gasteiger partial charge on any atom is 0.476 e. The molecular weight excluding hydrogens is 283 g/mol. The molecule has 0 radical (unpaired) electrons. The summed E-state index contributed by atoms with van der Waals surface area (Å²) in [6.07, 6.45) is 8.11. The molecule has 0 aliphatic carbocycles. The van der Waals surface area contributed by atoms with Crippen LogP contribution in [0, 0.1) is 12.3 Å². The lowest BCUT2D eigenvalue weighted by atomic mass is 10.1. The number of hydrogen-bond donors (Lipinski definition) is 0. The van der Waals surface area contributed by atoms with Gasteiger partial charge in [-0.3, -0.25) is 4.52 Å². The van der Waals surface area contributed by atoms with Crippen LogP contribution >= 0.6 is 18.2 Å². The molecule has 0 aromatic heterocycles. The number of benzene rings is 1. The molecule has 5 heteroatoms. The van der Waals surface area contributed by atoms with Crippen LogP contribution in [-0.4, -0.2) is 6.61 Å². The van der Waals surface area contributed by atoms with Crippen LogP contribution in [0.4, 0.5) is 0 Å². The molecule has 0 fully saturated rings. The standard InChI is InChI=1S/C14H18ClO3P/c1-3-5-6-9-12-17-19(15,16)18-14-11-8-7-10-13(14)4-2/h1,7-8,10-11H,4-6,9,12H2,2H3. The molecule has 1 rings (SSSR count). The van der Waals surface area contributed by atoms with Crippen LogP contribution in [0.5, 0.6) is 5.75 Å². The van der Waals surface area contributed by atoms with Crippen LogP contribution < -0.4 is 4.52 Å². The Hall–Kier alpha value is -0.940. The third-order valence-electron chi connectivity index (χ3n) is 2.52. The Bertz CT molecular complexity index is 482. The minimum atomic E-state index is -3.58. The molecule has 0 saturated heterocycles. The summed E-state index contributed by atoms with van der Waals surface area (Å²) in [4.78, 5) is 0. The maximum atomic E-state index is 12.0. The molecule has 104 valence electrons. The van der Waals surface area contributed by atoms with E-state index in [0.29, 0.717) is 18.6 Å². The van der Waals surface area contributed by atoms with Crippen molar-refractivity contribution in [2.24, 2.45) is 0 Å². The van der Waals surface area contributed by atoms with E-state index in [0.717, 1.165) is 18.4 Å². The average molecular weight is 301 g/mol. The first-order valence-electron chi connectivity index (χ1n) is 6.24. The fourth-order valence-electron chi connectivity index (χ4n) is 1.53. The van der Waals surface area contributed by atoms with Crippen molar-refractivity contribution < 1.29 is 13.6 Å². The van der Waals surface area contributed by atoms with Crippen molar-refractivity contribution in [1.29, 1.82) is 0 Å². The predicted molar refractivity (Wildman–Crippen MR) is 78.5 cm³/mol. The molecule has 19 heavy (non-hydrogen) atoms. The van der Waals surface area contributed by atoms with Crippen molar-refractivity contribution in [3.8, 4) is 18.1 Å². The van der Waals surface area contributed by atoms with E-state index in [-0.39, 0.29) is 6.61 Å². The monoisotopic (exact) mass is 300 g/mol. The molecule has 0 N–H and O–H groups in total. The van der Waals surface area contributed by atoms with Crippen LogP contribution in [0.1, 0.15) is 31.7 Å². The van der Waals surface area contributed by atoms with Crippen LogP contribution in [0.25, 0.3) is 0 Å². The number of terminal acetylenes is 1. The Balaban J connectivity index is 2.50. The Morgan fingerprint density at radius 3 is 2.79 bits per heavy atom. The zero-order chi connectivity index (χ0) is 14.1. The smallest absolute Gasteiger partial charge is 0.413 e. The van der Waals surface area contributed by atoms with Gasteiger partial charge in [0.1, 0.15) is 5.75 Å². The fraction of sp³-hybridized carbons (Fsp3) is 0.429. The number of para-hydroxylation sites is 1. The van der Waals surface area contributed by atoms with Crippen LogP contribution in [-0.2, 0) is 15.5 Å². The molecule has 0 aliphatic heterocycles. The van der Waals surface area contributed by atoms with E-state index in [9.17, 15) is 4.57 Å². The van der Waals surface area contributed by atoms with Gasteiger partial charge in [-0.15, -0.1) is 12.3 Å². The van der Waals surface area contributed by atoms with E-state index in [1.807, 2.05) is 19.1 Å². The molecule has 0 heterocycles. The van der Waals surface area contributed by atoms with Crippen LogP contribution in [0.2, 0.25) is 0 Å². The molecule has 0 aliphatic rings. The Labute approximate surface area is 119 Å². The summed E-state index contributed by atoms with van der Waals surface area (Å²) in [5, 5.41) is 0. The topological polar surface area (TPSA) is 35.5 Å². The van der Waals surface area contributed by atoms with Gasteiger partial charge in [0, 0.05) is 17.7 Å². The van der Waals surface area contributed by atoms with Crippen molar-refractivity contribution in [3.05, 3.63) is 29.8 Å². The minimum Gasteiger partial charge on any atom is -0.413 e. The minimum absolute atomic E-state index is 0.275. The van der Waals surface area contributed by atoms with Gasteiger partial charge in [-0.25, -0.2) is 4.57 Å². The second-order valence-electron chi connectivity index (χ2n) is 3.98. The van der Waals surface area contributed by atoms with Gasteiger partial charge >= 0.3 is 6.95 Å². The Morgan fingerprint density at radius 2 is 2.11 bits per heavy atom. The largest absolute Gasteiger partial charge is 0.476 e. The van der Waals surface area contributed by atoms with Gasteiger partial charge in [-0.2, -0.15) is 0 Å². The van der Waals surface area contributed by atoms with E-state index in [1.165, 1.54) is 0 Å². The Kier molecular flexibility index (Phi) is 7.02. The molecule has 0 saturated carbocycles. The van der Waals surface area contributed by atoms with E-state index in [4.69, 9.17) is 26.7 Å². The molecule has 1 aromatic carbocycles. The highest BCUT2D eigenvalue weighted by molar-refractivity contribution is 7.81. The van der Waals surface area contributed by atoms with Gasteiger partial charge in [0.25, 0.3) is 0 Å². The number of halogens is 1. The molecule has 1 unspecified atom stereocenters. The molecule has 0 amide bonds. The molecule has 3 nitrogen and oxygen atoms in total. The lowest BCUT2D eigenvalue weighted by Crippen LogP contribution is -1.97. The van der Waals surface area contributed by atoms with Gasteiger partial charge in [0.2, 0.25) is 0 Å². The second kappa shape index (κ2) is 8.27. The van der Waals surface area contributed by atoms with Gasteiger partial charge < -0.3 is 4.52 Å². The van der Waals surface area contributed by atoms with Gasteiger partial charge in [0.15, 0.2) is 0 Å². The molecule has 1 aromatic rings. The number of unbranched alkanes of at least 4 members (excludes halogenated alkanes) is 2. The van der Waals surface area contributed by atoms with Crippen molar-refractivity contribution in [1.82, 2.24) is 0 Å². The second-order valence-corrected chi connectivity index (χ2v) is 6.52. The number of aryl methyl sites for hydroxylation is 1. The highest BCUT2D eigenvalue weighted by Crippen LogP contribution is 2.53. The predicted octanol–water partition coefficient (Wildman–Crippen LogP) is 4.79. The first-order chi connectivity index (χ1) is 9.09. The van der Waals surface area contributed by atoms with E-state index < -0.39 is 6.95 Å². The van der Waals surface area contributed by atoms with Gasteiger partial charge in [0.05, 0.1) is 6.61 Å². The summed E-state index contributed by atoms with van der Waals surface area (Å²) in [7, 11) is 0. The van der Waals surface area contributed by atoms with Gasteiger partial charge in [-0.05, 0) is 30.9 Å². The summed E-state index contributed by atoms with van der Waals surface area (Å²) in [5.41, 5.74) is 0.944. The third-order valence-corrected chi connectivity index (χ3v) is 3.93.